The molecular formula is C41H39N9O13S. The van der Waals surface area contributed by atoms with Gasteiger partial charge in [-0.3, -0.25) is 4.21 Å². The first-order valence-corrected chi connectivity index (χ1v) is 20.4. The molecule has 64 heavy (non-hydrogen) atoms. The van der Waals surface area contributed by atoms with Crippen LogP contribution in [0.3, 0.4) is 0 Å². The summed E-state index contributed by atoms with van der Waals surface area (Å²) in [5.41, 5.74) is 27.4. The summed E-state index contributed by atoms with van der Waals surface area (Å²) in [6.07, 6.45) is -11.1. The molecular weight excluding hydrogens is 859 g/mol. The molecule has 10 atom stereocenters. The van der Waals surface area contributed by atoms with E-state index in [9.17, 15) is 35.2 Å². The molecule has 332 valence electrons. The van der Waals surface area contributed by atoms with Gasteiger partial charge >= 0.3 is 17.9 Å². The molecule has 0 amide bonds. The molecule has 2 aliphatic heterocycles. The van der Waals surface area contributed by atoms with Crippen molar-refractivity contribution in [2.75, 3.05) is 34.4 Å². The van der Waals surface area contributed by atoms with E-state index in [-0.39, 0.29) is 21.6 Å². The minimum atomic E-state index is -2.07. The Kier molecular flexibility index (Phi) is 16.0. The molecule has 6 rings (SSSR count). The minimum absolute atomic E-state index is 0.00615. The van der Waals surface area contributed by atoms with Crippen LogP contribution in [0.4, 0.5) is 0 Å². The van der Waals surface area contributed by atoms with Gasteiger partial charge in [0, 0.05) is 19.6 Å². The van der Waals surface area contributed by atoms with E-state index < -0.39 is 96.2 Å². The number of ether oxygens (including phenoxy) is 9. The first kappa shape index (κ1) is 46.2. The first-order valence-electron chi connectivity index (χ1n) is 19.2. The second-order valence-electron chi connectivity index (χ2n) is 13.6. The highest BCUT2D eigenvalue weighted by molar-refractivity contribution is 7.85. The molecule has 2 heterocycles. The zero-order valence-electron chi connectivity index (χ0n) is 34.2. The van der Waals surface area contributed by atoms with Crippen molar-refractivity contribution >= 4 is 28.7 Å². The summed E-state index contributed by atoms with van der Waals surface area (Å²) in [5.74, 6) is -1.52. The SMILES string of the molecule is COc1ccc(C(=O)OC2C(O[C@H]3O[C@@H](CN=[N+]=[N-])[C@@H](OC(=O)c4ccc(OC)cc4)[C@H](OC(=O)c4ccc(OC)cc4)[C@H]3N=[N+]=[N-])[C@@H](CN=[N+]=[N-])O[C@H]2S(=O)c2ccccc2)cc1. The van der Waals surface area contributed by atoms with Gasteiger partial charge in [-0.15, -0.1) is 0 Å². The Morgan fingerprint density at radius 3 is 1.45 bits per heavy atom. The van der Waals surface area contributed by atoms with E-state index in [1.807, 2.05) is 0 Å². The molecule has 0 N–H and O–H groups in total. The number of hydrogen-bond acceptors (Lipinski definition) is 16. The topological polar surface area (TPSA) is 298 Å². The van der Waals surface area contributed by atoms with Crippen molar-refractivity contribution in [1.29, 1.82) is 0 Å². The lowest BCUT2D eigenvalue weighted by molar-refractivity contribution is -0.277. The van der Waals surface area contributed by atoms with E-state index in [4.69, 9.17) is 42.6 Å². The van der Waals surface area contributed by atoms with Crippen molar-refractivity contribution in [3.05, 3.63) is 151 Å². The van der Waals surface area contributed by atoms with Gasteiger partial charge in [0.25, 0.3) is 0 Å². The molecule has 0 aromatic heterocycles. The zero-order chi connectivity index (χ0) is 45.6. The largest absolute Gasteiger partial charge is 0.497 e. The Bertz CT molecular complexity index is 2430. The highest BCUT2D eigenvalue weighted by Crippen LogP contribution is 2.37. The Balaban J connectivity index is 1.43. The van der Waals surface area contributed by atoms with Crippen molar-refractivity contribution in [2.45, 2.75) is 59.3 Å². The number of carbonyl (C=O) groups excluding carboxylic acids is 3. The van der Waals surface area contributed by atoms with Crippen molar-refractivity contribution in [2.24, 2.45) is 15.3 Å². The monoisotopic (exact) mass is 897 g/mol. The molecule has 0 radical (unpaired) electrons. The van der Waals surface area contributed by atoms with Gasteiger partial charge in [-0.1, -0.05) is 33.5 Å². The van der Waals surface area contributed by atoms with Crippen LogP contribution in [0.5, 0.6) is 17.2 Å². The molecule has 0 saturated carbocycles. The molecule has 3 unspecified atom stereocenters. The summed E-state index contributed by atoms with van der Waals surface area (Å²) in [6.45, 7) is -1.02. The third-order valence-electron chi connectivity index (χ3n) is 9.90. The molecule has 0 bridgehead atoms. The van der Waals surface area contributed by atoms with Crippen LogP contribution in [0, 0.1) is 0 Å². The maximum Gasteiger partial charge on any atom is 0.338 e. The second-order valence-corrected chi connectivity index (χ2v) is 15.1. The van der Waals surface area contributed by atoms with Crippen LogP contribution in [0.15, 0.2) is 123 Å². The molecule has 22 nitrogen and oxygen atoms in total. The summed E-state index contributed by atoms with van der Waals surface area (Å²) in [7, 11) is 2.25. The molecule has 0 spiro atoms. The van der Waals surface area contributed by atoms with E-state index >= 15 is 0 Å². The summed E-state index contributed by atoms with van der Waals surface area (Å²) >= 11 is 0. The zero-order valence-corrected chi connectivity index (χ0v) is 35.0. The van der Waals surface area contributed by atoms with Crippen LogP contribution in [-0.4, -0.2) is 111 Å². The summed E-state index contributed by atoms with van der Waals surface area (Å²) < 4.78 is 66.9. The normalized spacial score (nSPS) is 24.0. The molecule has 2 aliphatic rings. The fourth-order valence-corrected chi connectivity index (χ4v) is 8.14. The maximum atomic E-state index is 14.3. The molecule has 4 aromatic rings. The average Bonchev–Trinajstić information content (AvgIpc) is 3.67. The van der Waals surface area contributed by atoms with E-state index in [2.05, 4.69) is 30.1 Å². The van der Waals surface area contributed by atoms with Gasteiger partial charge in [0.15, 0.2) is 30.0 Å². The van der Waals surface area contributed by atoms with Crippen LogP contribution < -0.4 is 14.2 Å². The molecule has 2 fully saturated rings. The van der Waals surface area contributed by atoms with Crippen LogP contribution >= 0.6 is 0 Å². The highest BCUT2D eigenvalue weighted by atomic mass is 32.2. The lowest BCUT2D eigenvalue weighted by Crippen LogP contribution is -2.62. The molecule has 23 heteroatoms. The third-order valence-corrected chi connectivity index (χ3v) is 11.4. The van der Waals surface area contributed by atoms with E-state index in [1.165, 1.54) is 94.1 Å². The molecule has 4 aromatic carbocycles. The van der Waals surface area contributed by atoms with E-state index in [0.717, 1.165) is 0 Å². The van der Waals surface area contributed by atoms with Gasteiger partial charge in [-0.2, -0.15) is 0 Å². The standard InChI is InChI=1S/C41H39N9O13S/c1-55-26-15-9-23(10-16-26)37(51)60-33-30(21-45-48-42)58-40(32(47-50-44)35(33)61-38(52)24-11-17-27(56-2)18-12-24)63-34-31(22-46-49-43)59-41(64(54)29-7-5-4-6-8-29)36(34)62-39(53)25-13-19-28(57-3)20-14-25/h4-20,30-36,40-41H,21-22H2,1-3H3/t30-,31+,32+,33+,34?,35+,36?,40+,41-,64?/m0/s1. The smallest absolute Gasteiger partial charge is 0.338 e. The van der Waals surface area contributed by atoms with Crippen molar-refractivity contribution in [1.82, 2.24) is 0 Å². The first-order chi connectivity index (χ1) is 31.1. The number of esters is 3. The van der Waals surface area contributed by atoms with Gasteiger partial charge in [0.1, 0.15) is 35.5 Å². The quantitative estimate of drug-likeness (QED) is 0.0333. The number of carbonyl (C=O) groups is 3. The average molecular weight is 898 g/mol. The van der Waals surface area contributed by atoms with Crippen LogP contribution in [0.25, 0.3) is 31.3 Å². The van der Waals surface area contributed by atoms with Crippen LogP contribution in [-0.2, 0) is 39.2 Å². The number of nitrogens with zero attached hydrogens (tertiary/aromatic N) is 9. The highest BCUT2D eigenvalue weighted by Gasteiger charge is 2.56. The predicted octanol–water partition coefficient (Wildman–Crippen LogP) is 6.63. The number of hydrogen-bond donors (Lipinski definition) is 0. The molecule has 0 aliphatic carbocycles. The van der Waals surface area contributed by atoms with Crippen LogP contribution in [0.2, 0.25) is 0 Å². The Morgan fingerprint density at radius 1 is 0.578 bits per heavy atom. The van der Waals surface area contributed by atoms with Gasteiger partial charge in [-0.25, -0.2) is 14.4 Å². The van der Waals surface area contributed by atoms with Crippen LogP contribution in [0.1, 0.15) is 31.1 Å². The Hall–Kier alpha value is -7.35. The predicted molar refractivity (Wildman–Crippen MR) is 223 cm³/mol. The Morgan fingerprint density at radius 2 is 1.02 bits per heavy atom. The van der Waals surface area contributed by atoms with Crippen molar-refractivity contribution in [3.63, 3.8) is 0 Å². The fraction of sp³-hybridized carbons (Fsp3) is 0.341. The summed E-state index contributed by atoms with van der Waals surface area (Å²) in [6, 6.07) is 23.9. The van der Waals surface area contributed by atoms with Crippen molar-refractivity contribution in [3.8, 4) is 17.2 Å². The Labute approximate surface area is 366 Å². The lowest BCUT2D eigenvalue weighted by Gasteiger charge is -2.44. The fourth-order valence-electron chi connectivity index (χ4n) is 6.74. The lowest BCUT2D eigenvalue weighted by atomic mass is 9.96. The maximum absolute atomic E-state index is 14.3. The van der Waals surface area contributed by atoms with E-state index in [0.29, 0.717) is 17.2 Å². The minimum Gasteiger partial charge on any atom is -0.497 e. The van der Waals surface area contributed by atoms with Gasteiger partial charge in [0.05, 0.1) is 68.0 Å². The number of benzene rings is 4. The van der Waals surface area contributed by atoms with Gasteiger partial charge < -0.3 is 42.6 Å². The van der Waals surface area contributed by atoms with Gasteiger partial charge in [-0.05, 0) is 102 Å². The number of azide groups is 3. The van der Waals surface area contributed by atoms with Gasteiger partial charge in [0.2, 0.25) is 0 Å². The summed E-state index contributed by atoms with van der Waals surface area (Å²) in [5, 5.41) is 11.2. The number of methoxy groups -OCH3 is 3. The van der Waals surface area contributed by atoms with E-state index in [1.54, 1.807) is 30.3 Å². The second kappa shape index (κ2) is 22.1. The molecule has 2 saturated heterocycles. The van der Waals surface area contributed by atoms with Crippen molar-refractivity contribution < 1.29 is 61.2 Å². The third kappa shape index (κ3) is 11.0. The number of rotatable bonds is 18. The summed E-state index contributed by atoms with van der Waals surface area (Å²) in [4.78, 5) is 50.4.